The molecule has 0 aliphatic heterocycles. The van der Waals surface area contributed by atoms with E-state index in [-0.39, 0.29) is 0 Å². The van der Waals surface area contributed by atoms with Gasteiger partial charge in [0, 0.05) is 30.7 Å². The fourth-order valence-corrected chi connectivity index (χ4v) is 4.05. The Kier molecular flexibility index (Phi) is 5.21. The molecule has 0 unspecified atom stereocenters. The third kappa shape index (κ3) is 4.20. The summed E-state index contributed by atoms with van der Waals surface area (Å²) in [4.78, 5) is 18.1. The lowest BCUT2D eigenvalue weighted by Gasteiger charge is -2.26. The van der Waals surface area contributed by atoms with Crippen LogP contribution in [0.1, 0.15) is 31.2 Å². The van der Waals surface area contributed by atoms with Gasteiger partial charge in [-0.1, -0.05) is 0 Å². The first kappa shape index (κ1) is 19.4. The summed E-state index contributed by atoms with van der Waals surface area (Å²) in [6.45, 7) is 2.02. The largest absolute Gasteiger partial charge is 0.353 e. The summed E-state index contributed by atoms with van der Waals surface area (Å²) < 4.78 is 2.05. The van der Waals surface area contributed by atoms with Crippen LogP contribution in [0.5, 0.6) is 0 Å². The molecular weight excluding hydrogens is 388 g/mol. The van der Waals surface area contributed by atoms with Crippen LogP contribution in [0.4, 0.5) is 17.3 Å². The number of nitrogens with zero attached hydrogens (tertiary/aromatic N) is 5. The minimum absolute atomic E-state index is 0.320. The molecule has 4 N–H and O–H groups in total. The average Bonchev–Trinajstić information content (AvgIpc) is 3.20. The molecule has 0 aromatic carbocycles. The Hall–Kier alpha value is -3.52. The molecule has 4 aromatic rings. The molecule has 158 valence electrons. The van der Waals surface area contributed by atoms with Gasteiger partial charge in [-0.2, -0.15) is 0 Å². The molecule has 0 saturated heterocycles. The molecule has 8 nitrogen and oxygen atoms in total. The number of nitrogens with one attached hydrogen (secondary N) is 2. The Morgan fingerprint density at radius 2 is 1.87 bits per heavy atom. The maximum absolute atomic E-state index is 6.03. The Bertz CT molecular complexity index is 1180. The molecule has 4 aromatic heterocycles. The Labute approximate surface area is 181 Å². The second-order valence-corrected chi connectivity index (χ2v) is 8.14. The number of fused-ring (bicyclic) bond motifs is 1. The first-order valence-electron chi connectivity index (χ1n) is 10.7. The highest BCUT2D eigenvalue weighted by atomic mass is 15.1. The summed E-state index contributed by atoms with van der Waals surface area (Å²) in [5.41, 5.74) is 11.6. The quantitative estimate of drug-likeness (QED) is 0.454. The summed E-state index contributed by atoms with van der Waals surface area (Å²) >= 11 is 0. The van der Waals surface area contributed by atoms with E-state index in [1.54, 1.807) is 12.4 Å². The molecule has 31 heavy (non-hydrogen) atoms. The SMILES string of the molecule is Cc1cnc(NC2CCC(N)CC2)nc1-c1cnc2ccc(Nc3cccnc3)cn12. The molecule has 1 aliphatic rings. The maximum atomic E-state index is 6.03. The number of aromatic nitrogens is 5. The van der Waals surface area contributed by atoms with Gasteiger partial charge in [0.25, 0.3) is 0 Å². The van der Waals surface area contributed by atoms with Crippen molar-refractivity contribution in [3.63, 3.8) is 0 Å². The second kappa shape index (κ2) is 8.31. The van der Waals surface area contributed by atoms with Gasteiger partial charge in [0.05, 0.1) is 35.2 Å². The number of aryl methyl sites for hydroxylation is 1. The van der Waals surface area contributed by atoms with Crippen molar-refractivity contribution in [1.82, 2.24) is 24.3 Å². The van der Waals surface area contributed by atoms with E-state index < -0.39 is 0 Å². The van der Waals surface area contributed by atoms with Crippen LogP contribution in [0, 0.1) is 6.92 Å². The molecule has 0 atom stereocenters. The van der Waals surface area contributed by atoms with E-state index >= 15 is 0 Å². The van der Waals surface area contributed by atoms with Crippen molar-refractivity contribution in [3.8, 4) is 11.4 Å². The van der Waals surface area contributed by atoms with E-state index in [0.717, 1.165) is 59.7 Å². The van der Waals surface area contributed by atoms with Gasteiger partial charge in [0.2, 0.25) is 5.95 Å². The monoisotopic (exact) mass is 414 g/mol. The highest BCUT2D eigenvalue weighted by Gasteiger charge is 2.20. The summed E-state index contributed by atoms with van der Waals surface area (Å²) in [5, 5.41) is 6.88. The van der Waals surface area contributed by atoms with Crippen LogP contribution >= 0.6 is 0 Å². The fraction of sp³-hybridized carbons (Fsp3) is 0.304. The number of nitrogens with two attached hydrogens (primary N) is 1. The Morgan fingerprint density at radius 3 is 2.68 bits per heavy atom. The topological polar surface area (TPSA) is 106 Å². The van der Waals surface area contributed by atoms with Gasteiger partial charge >= 0.3 is 0 Å². The van der Waals surface area contributed by atoms with Gasteiger partial charge in [-0.05, 0) is 62.4 Å². The van der Waals surface area contributed by atoms with Crippen molar-refractivity contribution in [2.24, 2.45) is 5.73 Å². The third-order valence-corrected chi connectivity index (χ3v) is 5.78. The molecule has 1 aliphatic carbocycles. The van der Waals surface area contributed by atoms with Crippen molar-refractivity contribution >= 4 is 23.0 Å². The van der Waals surface area contributed by atoms with Crippen molar-refractivity contribution in [2.45, 2.75) is 44.7 Å². The molecule has 0 radical (unpaired) electrons. The van der Waals surface area contributed by atoms with E-state index in [0.29, 0.717) is 18.0 Å². The van der Waals surface area contributed by atoms with Gasteiger partial charge in [-0.25, -0.2) is 15.0 Å². The zero-order chi connectivity index (χ0) is 21.2. The Balaban J connectivity index is 1.45. The predicted octanol–water partition coefficient (Wildman–Crippen LogP) is 3.92. The van der Waals surface area contributed by atoms with Gasteiger partial charge in [-0.15, -0.1) is 0 Å². The van der Waals surface area contributed by atoms with Crippen LogP contribution < -0.4 is 16.4 Å². The summed E-state index contributed by atoms with van der Waals surface area (Å²) in [7, 11) is 0. The zero-order valence-electron chi connectivity index (χ0n) is 17.5. The second-order valence-electron chi connectivity index (χ2n) is 8.14. The van der Waals surface area contributed by atoms with Crippen LogP contribution in [-0.2, 0) is 0 Å². The summed E-state index contributed by atoms with van der Waals surface area (Å²) in [5.74, 6) is 0.653. The maximum Gasteiger partial charge on any atom is 0.223 e. The molecule has 0 amide bonds. The number of pyridine rings is 2. The fourth-order valence-electron chi connectivity index (χ4n) is 4.05. The minimum atomic E-state index is 0.320. The molecular formula is C23H26N8. The lowest BCUT2D eigenvalue weighted by molar-refractivity contribution is 0.410. The Morgan fingerprint density at radius 1 is 1.00 bits per heavy atom. The van der Waals surface area contributed by atoms with Crippen LogP contribution in [0.2, 0.25) is 0 Å². The number of imidazole rings is 1. The highest BCUT2D eigenvalue weighted by molar-refractivity contribution is 5.67. The molecule has 5 rings (SSSR count). The molecule has 1 fully saturated rings. The summed E-state index contributed by atoms with van der Waals surface area (Å²) in [6, 6.07) is 8.57. The van der Waals surface area contributed by atoms with Gasteiger partial charge in [0.15, 0.2) is 0 Å². The van der Waals surface area contributed by atoms with E-state index in [4.69, 9.17) is 10.7 Å². The smallest absolute Gasteiger partial charge is 0.223 e. The van der Waals surface area contributed by atoms with Crippen molar-refractivity contribution < 1.29 is 0 Å². The van der Waals surface area contributed by atoms with Crippen LogP contribution in [0.25, 0.3) is 17.0 Å². The third-order valence-electron chi connectivity index (χ3n) is 5.78. The van der Waals surface area contributed by atoms with E-state index in [9.17, 15) is 0 Å². The standard InChI is InChI=1S/C23H26N8/c1-15-11-27-23(29-17-6-4-16(24)5-7-17)30-22(15)20-13-26-21-9-8-19(14-31(20)21)28-18-3-2-10-25-12-18/h2-3,8-14,16-17,28H,4-7,24H2,1H3,(H,27,29,30). The van der Waals surface area contributed by atoms with Crippen molar-refractivity contribution in [3.05, 3.63) is 60.8 Å². The minimum Gasteiger partial charge on any atom is -0.353 e. The molecule has 0 spiro atoms. The van der Waals surface area contributed by atoms with Gasteiger partial charge in [0.1, 0.15) is 5.65 Å². The molecule has 0 bridgehead atoms. The van der Waals surface area contributed by atoms with Gasteiger partial charge in [-0.3, -0.25) is 9.38 Å². The van der Waals surface area contributed by atoms with Crippen molar-refractivity contribution in [2.75, 3.05) is 10.6 Å². The molecule has 4 heterocycles. The van der Waals surface area contributed by atoms with Crippen LogP contribution in [0.15, 0.2) is 55.2 Å². The summed E-state index contributed by atoms with van der Waals surface area (Å²) in [6.07, 6.45) is 13.5. The number of hydrogen-bond donors (Lipinski definition) is 3. The van der Waals surface area contributed by atoms with Crippen LogP contribution in [0.3, 0.4) is 0 Å². The highest BCUT2D eigenvalue weighted by Crippen LogP contribution is 2.26. The van der Waals surface area contributed by atoms with Gasteiger partial charge < -0.3 is 16.4 Å². The van der Waals surface area contributed by atoms with E-state index in [1.807, 2.05) is 49.8 Å². The average molecular weight is 415 g/mol. The first-order chi connectivity index (χ1) is 15.2. The zero-order valence-corrected chi connectivity index (χ0v) is 17.5. The van der Waals surface area contributed by atoms with Crippen molar-refractivity contribution in [1.29, 1.82) is 0 Å². The number of rotatable bonds is 5. The van der Waals surface area contributed by atoms with E-state index in [1.165, 1.54) is 0 Å². The normalized spacial score (nSPS) is 18.8. The lowest BCUT2D eigenvalue weighted by Crippen LogP contribution is -2.33. The van der Waals surface area contributed by atoms with Crippen LogP contribution in [-0.4, -0.2) is 36.4 Å². The number of hydrogen-bond acceptors (Lipinski definition) is 7. The predicted molar refractivity (Wildman–Crippen MR) is 122 cm³/mol. The molecule has 8 heteroatoms. The first-order valence-corrected chi connectivity index (χ1v) is 10.7. The van der Waals surface area contributed by atoms with E-state index in [2.05, 4.69) is 30.0 Å². The molecule has 1 saturated carbocycles. The number of anilines is 3. The lowest BCUT2D eigenvalue weighted by atomic mass is 9.92.